The van der Waals surface area contributed by atoms with E-state index in [2.05, 4.69) is 58.6 Å². The minimum absolute atomic E-state index is 0.106. The largest absolute Gasteiger partial charge is 0.378 e. The van der Waals surface area contributed by atoms with Crippen LogP contribution in [0, 0.1) is 0 Å². The van der Waals surface area contributed by atoms with Crippen molar-refractivity contribution >= 4 is 22.8 Å². The van der Waals surface area contributed by atoms with Gasteiger partial charge >= 0.3 is 0 Å². The third kappa shape index (κ3) is 3.77. The van der Waals surface area contributed by atoms with Gasteiger partial charge in [0.15, 0.2) is 0 Å². The summed E-state index contributed by atoms with van der Waals surface area (Å²) >= 11 is 1.77. The second-order valence-corrected chi connectivity index (χ2v) is 9.49. The van der Waals surface area contributed by atoms with E-state index in [1.54, 1.807) is 18.0 Å². The van der Waals surface area contributed by atoms with Gasteiger partial charge in [-0.1, -0.05) is 30.4 Å². The highest BCUT2D eigenvalue weighted by Crippen LogP contribution is 2.29. The summed E-state index contributed by atoms with van der Waals surface area (Å²) in [6, 6.07) is 4.09. The molecule has 30 heavy (non-hydrogen) atoms. The number of rotatable bonds is 4. The van der Waals surface area contributed by atoms with Crippen LogP contribution in [0.25, 0.3) is 11.0 Å². The summed E-state index contributed by atoms with van der Waals surface area (Å²) in [7, 11) is 0. The topological polar surface area (TPSA) is 50.2 Å². The van der Waals surface area contributed by atoms with Crippen LogP contribution in [-0.4, -0.2) is 32.9 Å². The molecule has 0 saturated carbocycles. The average Bonchev–Trinajstić information content (AvgIpc) is 3.00. The lowest BCUT2D eigenvalue weighted by Gasteiger charge is -2.30. The van der Waals surface area contributed by atoms with Gasteiger partial charge in [-0.3, -0.25) is 14.3 Å². The fourth-order valence-electron chi connectivity index (χ4n) is 4.44. The predicted octanol–water partition coefficient (Wildman–Crippen LogP) is 3.72. The van der Waals surface area contributed by atoms with Crippen molar-refractivity contribution in [2.75, 3.05) is 13.1 Å². The number of hydrogen-bond acceptors (Lipinski definition) is 5. The van der Waals surface area contributed by atoms with Gasteiger partial charge < -0.3 is 5.32 Å². The number of nitrogens with one attached hydrogen (secondary N) is 1. The normalized spacial score (nSPS) is 21.2. The molecule has 0 amide bonds. The van der Waals surface area contributed by atoms with Crippen molar-refractivity contribution in [3.63, 3.8) is 0 Å². The Labute approximate surface area is 180 Å². The van der Waals surface area contributed by atoms with E-state index in [0.717, 1.165) is 42.5 Å². The van der Waals surface area contributed by atoms with Crippen LogP contribution in [0.4, 0.5) is 0 Å². The van der Waals surface area contributed by atoms with Crippen LogP contribution in [0.2, 0.25) is 0 Å². The summed E-state index contributed by atoms with van der Waals surface area (Å²) in [6.07, 6.45) is 16.5. The van der Waals surface area contributed by atoms with Crippen LogP contribution in [0.5, 0.6) is 0 Å². The van der Waals surface area contributed by atoms with Crippen LogP contribution in [-0.2, 0) is 19.5 Å². The van der Waals surface area contributed by atoms with E-state index in [1.807, 2.05) is 16.8 Å². The summed E-state index contributed by atoms with van der Waals surface area (Å²) in [5.41, 5.74) is 4.34. The molecule has 2 aromatic heterocycles. The maximum absolute atomic E-state index is 13.6. The molecule has 2 aromatic rings. The van der Waals surface area contributed by atoms with Gasteiger partial charge in [0.1, 0.15) is 5.65 Å². The van der Waals surface area contributed by atoms with Gasteiger partial charge in [-0.25, -0.2) is 4.98 Å². The molecule has 3 aliphatic rings. The first-order valence-electron chi connectivity index (χ1n) is 10.5. The maximum atomic E-state index is 13.6. The summed E-state index contributed by atoms with van der Waals surface area (Å²) in [4.78, 5) is 21.8. The zero-order valence-electron chi connectivity index (χ0n) is 17.2. The SMILES string of the molecule is CC1NC=C(Cn2c(=O)c3c(c4cccnc42)CCN(CC2=CCC=CC=C2)C3)S1. The lowest BCUT2D eigenvalue weighted by molar-refractivity contribution is 0.276. The summed E-state index contributed by atoms with van der Waals surface area (Å²) in [5, 5.41) is 4.78. The summed E-state index contributed by atoms with van der Waals surface area (Å²) in [5.74, 6) is 0. The molecule has 0 radical (unpaired) electrons. The van der Waals surface area contributed by atoms with Crippen LogP contribution < -0.4 is 10.9 Å². The van der Waals surface area contributed by atoms with Crippen molar-refractivity contribution in [2.45, 2.75) is 38.2 Å². The molecule has 0 aromatic carbocycles. The van der Waals surface area contributed by atoms with Crippen molar-refractivity contribution in [1.29, 1.82) is 0 Å². The fraction of sp³-hybridized carbons (Fsp3) is 0.333. The molecule has 1 aliphatic carbocycles. The van der Waals surface area contributed by atoms with E-state index in [4.69, 9.17) is 0 Å². The van der Waals surface area contributed by atoms with Gasteiger partial charge in [0.25, 0.3) is 5.56 Å². The Bertz CT molecular complexity index is 1160. The molecule has 0 saturated heterocycles. The van der Waals surface area contributed by atoms with Crippen LogP contribution in [0.15, 0.2) is 70.2 Å². The quantitative estimate of drug-likeness (QED) is 0.820. The first-order chi connectivity index (χ1) is 14.7. The molecular formula is C24H26N4OS. The molecule has 0 bridgehead atoms. The van der Waals surface area contributed by atoms with E-state index in [-0.39, 0.29) is 5.56 Å². The molecule has 5 nitrogen and oxygen atoms in total. The highest BCUT2D eigenvalue weighted by molar-refractivity contribution is 8.03. The second-order valence-electron chi connectivity index (χ2n) is 8.02. The zero-order chi connectivity index (χ0) is 20.5. The molecule has 1 N–H and O–H groups in total. The van der Waals surface area contributed by atoms with Gasteiger partial charge in [0, 0.05) is 47.9 Å². The first-order valence-corrected chi connectivity index (χ1v) is 11.4. The minimum atomic E-state index is 0.106. The highest BCUT2D eigenvalue weighted by atomic mass is 32.2. The molecule has 5 rings (SSSR count). The van der Waals surface area contributed by atoms with Crippen LogP contribution in [0.3, 0.4) is 0 Å². The third-order valence-corrected chi connectivity index (χ3v) is 6.94. The number of hydrogen-bond donors (Lipinski definition) is 1. The van der Waals surface area contributed by atoms with Gasteiger partial charge in [-0.05, 0) is 43.0 Å². The Hall–Kier alpha value is -2.57. The van der Waals surface area contributed by atoms with Crippen molar-refractivity contribution < 1.29 is 0 Å². The summed E-state index contributed by atoms with van der Waals surface area (Å²) in [6.45, 7) is 5.23. The van der Waals surface area contributed by atoms with E-state index in [1.165, 1.54) is 16.0 Å². The first kappa shape index (κ1) is 19.4. The monoisotopic (exact) mass is 418 g/mol. The van der Waals surface area contributed by atoms with Crippen molar-refractivity contribution in [1.82, 2.24) is 19.8 Å². The Kier molecular flexibility index (Phi) is 5.35. The molecule has 2 aliphatic heterocycles. The van der Waals surface area contributed by atoms with E-state index in [0.29, 0.717) is 18.5 Å². The zero-order valence-corrected chi connectivity index (χ0v) is 18.0. The van der Waals surface area contributed by atoms with Gasteiger partial charge in [0.2, 0.25) is 0 Å². The Morgan fingerprint density at radius 3 is 3.07 bits per heavy atom. The molecule has 0 fully saturated rings. The highest BCUT2D eigenvalue weighted by Gasteiger charge is 2.25. The Balaban J connectivity index is 1.50. The number of fused-ring (bicyclic) bond motifs is 3. The molecule has 154 valence electrons. The maximum Gasteiger partial charge on any atom is 0.257 e. The molecule has 0 spiro atoms. The molecular weight excluding hydrogens is 392 g/mol. The third-order valence-electron chi connectivity index (χ3n) is 5.90. The molecule has 1 atom stereocenters. The van der Waals surface area contributed by atoms with Crippen molar-refractivity contribution in [2.24, 2.45) is 0 Å². The smallest absolute Gasteiger partial charge is 0.257 e. The summed E-state index contributed by atoms with van der Waals surface area (Å²) < 4.78 is 1.87. The number of aromatic nitrogens is 2. The number of thioether (sulfide) groups is 1. The Morgan fingerprint density at radius 1 is 1.27 bits per heavy atom. The Morgan fingerprint density at radius 2 is 2.20 bits per heavy atom. The molecule has 1 unspecified atom stereocenters. The minimum Gasteiger partial charge on any atom is -0.378 e. The van der Waals surface area contributed by atoms with Crippen LogP contribution >= 0.6 is 11.8 Å². The van der Waals surface area contributed by atoms with E-state index in [9.17, 15) is 4.79 Å². The average molecular weight is 419 g/mol. The standard InChI is InChI=1S/C24H26N4OS/c1-17-26-13-19(30-17)15-28-23-21(9-6-11-25-23)20-10-12-27(16-22(20)24(28)29)14-18-7-4-2-3-5-8-18/h2-4,6-9,11,13,17,26H,5,10,12,14-16H2,1H3. The van der Waals surface area contributed by atoms with Gasteiger partial charge in [0.05, 0.1) is 11.9 Å². The van der Waals surface area contributed by atoms with E-state index >= 15 is 0 Å². The molecule has 6 heteroatoms. The van der Waals surface area contributed by atoms with Gasteiger partial charge in [-0.15, -0.1) is 11.8 Å². The lowest BCUT2D eigenvalue weighted by Crippen LogP contribution is -2.38. The predicted molar refractivity (Wildman–Crippen MR) is 124 cm³/mol. The van der Waals surface area contributed by atoms with E-state index < -0.39 is 0 Å². The van der Waals surface area contributed by atoms with Crippen molar-refractivity contribution in [3.8, 4) is 0 Å². The second kappa shape index (κ2) is 8.28. The fourth-order valence-corrected chi connectivity index (χ4v) is 5.37. The molecule has 4 heterocycles. The number of allylic oxidation sites excluding steroid dienone is 5. The van der Waals surface area contributed by atoms with Gasteiger partial charge in [-0.2, -0.15) is 0 Å². The number of pyridine rings is 2. The number of nitrogens with zero attached hydrogens (tertiary/aromatic N) is 3. The lowest BCUT2D eigenvalue weighted by atomic mass is 9.97. The van der Waals surface area contributed by atoms with Crippen molar-refractivity contribution in [3.05, 3.63) is 86.9 Å². The van der Waals surface area contributed by atoms with Crippen LogP contribution in [0.1, 0.15) is 24.5 Å².